The van der Waals surface area contributed by atoms with Gasteiger partial charge in [-0.15, -0.1) is 0 Å². The summed E-state index contributed by atoms with van der Waals surface area (Å²) in [6.45, 7) is 3.29. The van der Waals surface area contributed by atoms with Crippen molar-refractivity contribution in [2.24, 2.45) is 0 Å². The van der Waals surface area contributed by atoms with Crippen LogP contribution in [0.15, 0.2) is 104 Å². The number of para-hydroxylation sites is 1. The number of rotatable bonds is 14. The van der Waals surface area contributed by atoms with E-state index in [9.17, 15) is 28.8 Å². The Morgan fingerprint density at radius 1 is 0.962 bits per heavy atom. The number of nitrogens with zero attached hydrogens (tertiary/aromatic N) is 4. The molecule has 0 aliphatic carbocycles. The number of ether oxygens (including phenoxy) is 1. The predicted octanol–water partition coefficient (Wildman–Crippen LogP) is 6.64. The molecule has 0 saturated heterocycles. The van der Waals surface area contributed by atoms with Crippen molar-refractivity contribution in [3.05, 3.63) is 126 Å². The SMILES string of the molecule is CCOC(=O)[C@H](C)NP(=O)(CCN(Cc1ccccn1)C(=O)c1c2cccnc2c(O)c2c(O)n(Cc3ccc(F)cc3)cc12)Oc1ccccc1. The highest BCUT2D eigenvalue weighted by atomic mass is 31.2. The van der Waals surface area contributed by atoms with Gasteiger partial charge < -0.3 is 28.9 Å². The van der Waals surface area contributed by atoms with Crippen LogP contribution in [0.4, 0.5) is 4.39 Å². The first-order valence-corrected chi connectivity index (χ1v) is 18.4. The number of nitrogens with one attached hydrogen (secondary N) is 1. The molecule has 1 unspecified atom stereocenters. The van der Waals surface area contributed by atoms with E-state index in [1.54, 1.807) is 92.1 Å². The number of hydrogen-bond donors (Lipinski definition) is 3. The van der Waals surface area contributed by atoms with Crippen molar-refractivity contribution in [2.75, 3.05) is 19.3 Å². The van der Waals surface area contributed by atoms with Gasteiger partial charge in [-0.1, -0.05) is 42.5 Å². The molecule has 3 N–H and O–H groups in total. The fourth-order valence-electron chi connectivity index (χ4n) is 5.92. The van der Waals surface area contributed by atoms with Crippen molar-refractivity contribution in [1.29, 1.82) is 0 Å². The Kier molecular flexibility index (Phi) is 10.8. The first kappa shape index (κ1) is 36.0. The molecule has 1 amide bonds. The average molecular weight is 726 g/mol. The van der Waals surface area contributed by atoms with Gasteiger partial charge in [0.2, 0.25) is 5.88 Å². The molecule has 3 aromatic carbocycles. The number of aromatic hydroxyl groups is 2. The first-order valence-electron chi connectivity index (χ1n) is 16.6. The topological polar surface area (TPSA) is 156 Å². The molecule has 14 heteroatoms. The van der Waals surface area contributed by atoms with Crippen LogP contribution in [0.3, 0.4) is 0 Å². The molecule has 3 aromatic heterocycles. The third-order valence-electron chi connectivity index (χ3n) is 8.39. The second-order valence-electron chi connectivity index (χ2n) is 12.1. The van der Waals surface area contributed by atoms with E-state index in [0.717, 1.165) is 0 Å². The Bertz CT molecular complexity index is 2250. The number of carbonyl (C=O) groups is 2. The van der Waals surface area contributed by atoms with Gasteiger partial charge in [-0.3, -0.25) is 24.1 Å². The standard InChI is InChI=1S/C38H37FN5O7P/c1-3-50-38(48)25(2)42-52(49,51-29-11-5-4-6-12-29)21-20-43(23-28-10-7-8-18-40-28)36(46)32-30-13-9-19-41-34(30)35(45)33-31(32)24-44(37(33)47)22-26-14-16-27(39)17-15-26/h4-19,24-25,45,47H,3,20-23H2,1-2H3,(H,42,49)/t25-,52?/m0/s1. The van der Waals surface area contributed by atoms with E-state index in [1.807, 2.05) is 0 Å². The molecule has 0 radical (unpaired) electrons. The molecular weight excluding hydrogens is 688 g/mol. The molecule has 268 valence electrons. The van der Waals surface area contributed by atoms with Crippen molar-refractivity contribution < 1.29 is 38.0 Å². The molecule has 0 aliphatic heterocycles. The number of phenolic OH excluding ortho intramolecular Hbond substituents is 1. The number of halogens is 1. The number of esters is 1. The van der Waals surface area contributed by atoms with Crippen LogP contribution in [0.1, 0.15) is 35.5 Å². The first-order chi connectivity index (χ1) is 25.1. The van der Waals surface area contributed by atoms with Crippen molar-refractivity contribution in [3.8, 4) is 17.4 Å². The van der Waals surface area contributed by atoms with Crippen molar-refractivity contribution in [3.63, 3.8) is 0 Å². The average Bonchev–Trinajstić information content (AvgIpc) is 3.46. The van der Waals surface area contributed by atoms with Crippen LogP contribution in [0.5, 0.6) is 17.4 Å². The predicted molar refractivity (Wildman–Crippen MR) is 194 cm³/mol. The minimum atomic E-state index is -3.90. The van der Waals surface area contributed by atoms with E-state index in [0.29, 0.717) is 22.4 Å². The maximum absolute atomic E-state index is 14.9. The summed E-state index contributed by atoms with van der Waals surface area (Å²) in [7, 11) is -3.90. The summed E-state index contributed by atoms with van der Waals surface area (Å²) >= 11 is 0. The maximum atomic E-state index is 14.9. The normalized spacial score (nSPS) is 13.1. The van der Waals surface area contributed by atoms with E-state index < -0.39 is 31.3 Å². The monoisotopic (exact) mass is 725 g/mol. The molecule has 0 saturated carbocycles. The molecule has 6 rings (SSSR count). The van der Waals surface area contributed by atoms with Gasteiger partial charge in [-0.05, 0) is 61.9 Å². The molecule has 3 heterocycles. The minimum Gasteiger partial charge on any atom is -0.505 e. The van der Waals surface area contributed by atoms with Gasteiger partial charge in [0.05, 0.1) is 42.5 Å². The van der Waals surface area contributed by atoms with Gasteiger partial charge in [-0.25, -0.2) is 9.48 Å². The number of benzene rings is 3. The highest BCUT2D eigenvalue weighted by molar-refractivity contribution is 7.57. The van der Waals surface area contributed by atoms with Gasteiger partial charge in [0.15, 0.2) is 5.75 Å². The van der Waals surface area contributed by atoms with Gasteiger partial charge in [0.1, 0.15) is 23.1 Å². The van der Waals surface area contributed by atoms with E-state index >= 15 is 0 Å². The van der Waals surface area contributed by atoms with Crippen LogP contribution in [-0.2, 0) is 27.2 Å². The number of amides is 1. The zero-order valence-corrected chi connectivity index (χ0v) is 29.4. The molecule has 0 bridgehead atoms. The summed E-state index contributed by atoms with van der Waals surface area (Å²) in [5.74, 6) is -1.88. The zero-order chi connectivity index (χ0) is 36.8. The number of pyridine rings is 2. The molecule has 12 nitrogen and oxygen atoms in total. The van der Waals surface area contributed by atoms with Crippen LogP contribution >= 0.6 is 7.52 Å². The minimum absolute atomic E-state index is 0.00909. The van der Waals surface area contributed by atoms with Crippen LogP contribution in [0, 0.1) is 5.82 Å². The van der Waals surface area contributed by atoms with Crippen LogP contribution < -0.4 is 9.61 Å². The summed E-state index contributed by atoms with van der Waals surface area (Å²) in [5, 5.41) is 26.2. The van der Waals surface area contributed by atoms with Gasteiger partial charge in [0, 0.05) is 35.9 Å². The van der Waals surface area contributed by atoms with E-state index in [-0.39, 0.29) is 65.9 Å². The largest absolute Gasteiger partial charge is 0.505 e. The summed E-state index contributed by atoms with van der Waals surface area (Å²) in [6.07, 6.45) is 4.39. The summed E-state index contributed by atoms with van der Waals surface area (Å²) in [4.78, 5) is 37.7. The fraction of sp³-hybridized carbons (Fsp3) is 0.211. The van der Waals surface area contributed by atoms with E-state index in [2.05, 4.69) is 15.1 Å². The molecule has 6 aromatic rings. The second-order valence-corrected chi connectivity index (χ2v) is 14.3. The van der Waals surface area contributed by atoms with Gasteiger partial charge >= 0.3 is 13.5 Å². The molecule has 0 aliphatic rings. The van der Waals surface area contributed by atoms with Crippen molar-refractivity contribution >= 4 is 41.1 Å². The van der Waals surface area contributed by atoms with E-state index in [4.69, 9.17) is 9.26 Å². The molecule has 0 spiro atoms. The Balaban J connectivity index is 1.43. The third kappa shape index (κ3) is 7.91. The fourth-order valence-corrected chi connectivity index (χ4v) is 7.85. The number of phenols is 1. The maximum Gasteiger partial charge on any atom is 0.323 e. The number of aromatic nitrogens is 3. The quantitative estimate of drug-likeness (QED) is 0.0822. The smallest absolute Gasteiger partial charge is 0.323 e. The van der Waals surface area contributed by atoms with E-state index in [1.165, 1.54) is 34.7 Å². The Labute approximate surface area is 299 Å². The highest BCUT2D eigenvalue weighted by Gasteiger charge is 2.33. The Morgan fingerprint density at radius 3 is 2.40 bits per heavy atom. The summed E-state index contributed by atoms with van der Waals surface area (Å²) < 4.78 is 40.8. The van der Waals surface area contributed by atoms with Crippen LogP contribution in [-0.4, -0.2) is 66.9 Å². The van der Waals surface area contributed by atoms with Gasteiger partial charge in [-0.2, -0.15) is 0 Å². The summed E-state index contributed by atoms with van der Waals surface area (Å²) in [6, 6.07) is 21.8. The van der Waals surface area contributed by atoms with Gasteiger partial charge in [0.25, 0.3) is 5.91 Å². The lowest BCUT2D eigenvalue weighted by Gasteiger charge is -2.28. The summed E-state index contributed by atoms with van der Waals surface area (Å²) in [5.41, 5.74) is 1.43. The lowest BCUT2D eigenvalue weighted by molar-refractivity contribution is -0.144. The third-order valence-corrected chi connectivity index (χ3v) is 10.5. The molecule has 52 heavy (non-hydrogen) atoms. The molecule has 0 fully saturated rings. The lowest BCUT2D eigenvalue weighted by Crippen LogP contribution is -2.38. The highest BCUT2D eigenvalue weighted by Crippen LogP contribution is 2.45. The van der Waals surface area contributed by atoms with Crippen molar-refractivity contribution in [1.82, 2.24) is 24.5 Å². The zero-order valence-electron chi connectivity index (χ0n) is 28.5. The lowest BCUT2D eigenvalue weighted by atomic mass is 10.00. The Morgan fingerprint density at radius 2 is 1.69 bits per heavy atom. The van der Waals surface area contributed by atoms with Crippen molar-refractivity contribution in [2.45, 2.75) is 33.0 Å². The number of fused-ring (bicyclic) bond motifs is 2. The molecular formula is C38H37FN5O7P. The number of hydrogen-bond acceptors (Lipinski definition) is 9. The molecule has 2 atom stereocenters. The Hall–Kier alpha value is -5.78. The number of carbonyl (C=O) groups excluding carboxylic acids is 2. The second kappa shape index (κ2) is 15.6. The van der Waals surface area contributed by atoms with Crippen LogP contribution in [0.25, 0.3) is 21.7 Å². The van der Waals surface area contributed by atoms with Crippen LogP contribution in [0.2, 0.25) is 0 Å².